The highest BCUT2D eigenvalue weighted by atomic mass is 31.1. The van der Waals surface area contributed by atoms with Crippen LogP contribution in [0, 0.1) is 0 Å². The number of para-hydroxylation sites is 1. The number of hydrogen-bond donors (Lipinski definition) is 3. The summed E-state index contributed by atoms with van der Waals surface area (Å²) in [6, 6.07) is 10.6. The van der Waals surface area contributed by atoms with Crippen molar-refractivity contribution in [1.82, 2.24) is 15.3 Å². The van der Waals surface area contributed by atoms with E-state index >= 15 is 0 Å². The first-order valence-corrected chi connectivity index (χ1v) is 11.9. The summed E-state index contributed by atoms with van der Waals surface area (Å²) in [5, 5.41) is 7.77. The van der Waals surface area contributed by atoms with E-state index in [1.807, 2.05) is 0 Å². The highest BCUT2D eigenvalue weighted by Crippen LogP contribution is 2.37. The van der Waals surface area contributed by atoms with Gasteiger partial charge in [0.05, 0.1) is 24.0 Å². The number of halogens is 6. The van der Waals surface area contributed by atoms with E-state index in [4.69, 9.17) is 4.74 Å². The third-order valence-electron chi connectivity index (χ3n) is 4.87. The second-order valence-corrected chi connectivity index (χ2v) is 8.52. The maximum Gasteiger partial charge on any atom is 0.421 e. The highest BCUT2D eigenvalue weighted by molar-refractivity contribution is 7.31. The Hall–Kier alpha value is -3.64. The summed E-state index contributed by atoms with van der Waals surface area (Å²) < 4.78 is 87.7. The highest BCUT2D eigenvalue weighted by Gasteiger charge is 2.35. The van der Waals surface area contributed by atoms with E-state index < -0.39 is 45.1 Å². The minimum Gasteiger partial charge on any atom is -0.495 e. The Morgan fingerprint density at radius 3 is 2.42 bits per heavy atom. The summed E-state index contributed by atoms with van der Waals surface area (Å²) in [5.74, 6) is -1.06. The maximum atomic E-state index is 13.7. The van der Waals surface area contributed by atoms with E-state index in [1.54, 1.807) is 24.3 Å². The molecule has 0 bridgehead atoms. The third-order valence-corrected chi connectivity index (χ3v) is 5.77. The average molecular weight is 561 g/mol. The minimum atomic E-state index is -4.79. The molecule has 0 spiro atoms. The van der Waals surface area contributed by atoms with Gasteiger partial charge in [-0.3, -0.25) is 4.79 Å². The van der Waals surface area contributed by atoms with Gasteiger partial charge in [-0.1, -0.05) is 18.2 Å². The molecule has 204 valence electrons. The Bertz CT molecular complexity index is 1270. The van der Waals surface area contributed by atoms with Crippen LogP contribution in [0.25, 0.3) is 0 Å². The van der Waals surface area contributed by atoms with E-state index in [9.17, 15) is 31.1 Å². The van der Waals surface area contributed by atoms with Gasteiger partial charge in [0.2, 0.25) is 5.95 Å². The quantitative estimate of drug-likeness (QED) is 0.158. The molecule has 0 aliphatic heterocycles. The molecule has 38 heavy (non-hydrogen) atoms. The summed E-state index contributed by atoms with van der Waals surface area (Å²) in [7, 11) is 2.30. The van der Waals surface area contributed by atoms with Crippen LogP contribution in [-0.2, 0) is 16.9 Å². The lowest BCUT2D eigenvalue weighted by molar-refractivity contribution is -0.151. The fourth-order valence-corrected chi connectivity index (χ4v) is 3.89. The number of benzene rings is 2. The van der Waals surface area contributed by atoms with Crippen molar-refractivity contribution in [3.63, 3.8) is 0 Å². The lowest BCUT2D eigenvalue weighted by Crippen LogP contribution is -2.20. The van der Waals surface area contributed by atoms with Crippen LogP contribution in [0.4, 0.5) is 49.5 Å². The summed E-state index contributed by atoms with van der Waals surface area (Å²) in [4.78, 5) is 19.9. The zero-order chi connectivity index (χ0) is 27.9. The first-order valence-electron chi connectivity index (χ1n) is 10.8. The number of anilines is 4. The summed E-state index contributed by atoms with van der Waals surface area (Å²) in [6.45, 7) is -1.35. The number of nitrogens with zero attached hydrogens (tertiary/aromatic N) is 2. The van der Waals surface area contributed by atoms with Gasteiger partial charge < -0.3 is 25.2 Å². The third kappa shape index (κ3) is 7.93. The van der Waals surface area contributed by atoms with Crippen molar-refractivity contribution in [2.45, 2.75) is 18.5 Å². The predicted molar refractivity (Wildman–Crippen MR) is 130 cm³/mol. The molecule has 0 aliphatic rings. The first kappa shape index (κ1) is 28.9. The van der Waals surface area contributed by atoms with E-state index in [1.165, 1.54) is 32.4 Å². The standard InChI is InChI=1S/C23H22F6N5O3P/c1-30-20(35)14-5-3-4-6-16(14)32-19-15(23(27,28)29)10-31-21(34-19)33-17-8-7-13(9-18(17)36-2)11-38-37-12-22(24,25)26/h3-10,38H,11-12H2,1-2H3,(H,30,35)(H2,31,32,33,34). The smallest absolute Gasteiger partial charge is 0.421 e. The van der Waals surface area contributed by atoms with Gasteiger partial charge >= 0.3 is 12.4 Å². The van der Waals surface area contributed by atoms with Gasteiger partial charge in [-0.2, -0.15) is 31.3 Å². The number of nitrogens with one attached hydrogen (secondary N) is 3. The molecule has 1 amide bonds. The molecule has 0 fully saturated rings. The molecule has 2 aromatic carbocycles. The number of carbonyl (C=O) groups is 1. The van der Waals surface area contributed by atoms with Crippen molar-refractivity contribution in [2.75, 3.05) is 31.4 Å². The number of alkyl halides is 6. The monoisotopic (exact) mass is 561 g/mol. The van der Waals surface area contributed by atoms with Gasteiger partial charge in [0.25, 0.3) is 5.91 Å². The fourth-order valence-electron chi connectivity index (χ4n) is 3.13. The van der Waals surface area contributed by atoms with Crippen LogP contribution in [0.3, 0.4) is 0 Å². The minimum absolute atomic E-state index is 0.0949. The van der Waals surface area contributed by atoms with Crippen molar-refractivity contribution >= 4 is 37.9 Å². The number of rotatable bonds is 10. The van der Waals surface area contributed by atoms with Gasteiger partial charge in [0.15, 0.2) is 0 Å². The lowest BCUT2D eigenvalue weighted by Gasteiger charge is -2.17. The van der Waals surface area contributed by atoms with Crippen LogP contribution in [-0.4, -0.2) is 42.8 Å². The van der Waals surface area contributed by atoms with Gasteiger partial charge in [0, 0.05) is 28.2 Å². The second-order valence-electron chi connectivity index (χ2n) is 7.59. The molecule has 0 aliphatic carbocycles. The molecule has 1 aromatic heterocycles. The number of hydrogen-bond acceptors (Lipinski definition) is 7. The number of carbonyl (C=O) groups excluding carboxylic acids is 1. The number of aromatic nitrogens is 2. The number of amides is 1. The van der Waals surface area contributed by atoms with E-state index in [2.05, 4.69) is 30.4 Å². The molecule has 1 unspecified atom stereocenters. The maximum absolute atomic E-state index is 13.7. The van der Waals surface area contributed by atoms with E-state index in [0.29, 0.717) is 17.4 Å². The SMILES string of the molecule is CNC(=O)c1ccccc1Nc1nc(Nc2ccc(CPOCC(F)(F)F)cc2OC)ncc1C(F)(F)F. The molecule has 3 N–H and O–H groups in total. The molecule has 3 aromatic rings. The molecule has 15 heteroatoms. The van der Waals surface area contributed by atoms with Crippen molar-refractivity contribution in [2.24, 2.45) is 0 Å². The van der Waals surface area contributed by atoms with Gasteiger partial charge in [0.1, 0.15) is 23.7 Å². The van der Waals surface area contributed by atoms with Gasteiger partial charge in [-0.05, 0) is 29.8 Å². The Labute approximate surface area is 215 Å². The van der Waals surface area contributed by atoms with Gasteiger partial charge in [-0.15, -0.1) is 0 Å². The zero-order valence-corrected chi connectivity index (χ0v) is 20.9. The van der Waals surface area contributed by atoms with Crippen LogP contribution in [0.5, 0.6) is 5.75 Å². The lowest BCUT2D eigenvalue weighted by atomic mass is 10.1. The summed E-state index contributed by atoms with van der Waals surface area (Å²) >= 11 is 0. The predicted octanol–water partition coefficient (Wildman–Crippen LogP) is 6.02. The summed E-state index contributed by atoms with van der Waals surface area (Å²) in [6.07, 6.45) is -8.42. The molecule has 0 saturated heterocycles. The first-order chi connectivity index (χ1) is 17.9. The molecular formula is C23H22F6N5O3P. The van der Waals surface area contributed by atoms with Crippen LogP contribution < -0.4 is 20.7 Å². The molecule has 1 heterocycles. The van der Waals surface area contributed by atoms with Crippen LogP contribution in [0.2, 0.25) is 0 Å². The average Bonchev–Trinajstić information content (AvgIpc) is 2.86. The normalized spacial score (nSPS) is 12.0. The molecule has 3 rings (SSSR count). The van der Waals surface area contributed by atoms with Crippen LogP contribution >= 0.6 is 8.81 Å². The zero-order valence-electron chi connectivity index (χ0n) is 19.9. The van der Waals surface area contributed by atoms with Gasteiger partial charge in [-0.25, -0.2) is 4.98 Å². The Balaban J connectivity index is 1.85. The second kappa shape index (κ2) is 12.3. The van der Waals surface area contributed by atoms with Crippen molar-refractivity contribution < 1.29 is 40.4 Å². The largest absolute Gasteiger partial charge is 0.495 e. The summed E-state index contributed by atoms with van der Waals surface area (Å²) in [5.41, 5.74) is -0.0375. The molecular weight excluding hydrogens is 539 g/mol. The molecule has 1 atom stereocenters. The molecule has 0 saturated carbocycles. The Morgan fingerprint density at radius 2 is 1.76 bits per heavy atom. The topological polar surface area (TPSA) is 97.4 Å². The fraction of sp³-hybridized carbons (Fsp3) is 0.261. The van der Waals surface area contributed by atoms with Crippen LogP contribution in [0.15, 0.2) is 48.7 Å². The molecule has 8 nitrogen and oxygen atoms in total. The van der Waals surface area contributed by atoms with Crippen molar-refractivity contribution in [3.05, 3.63) is 65.4 Å². The van der Waals surface area contributed by atoms with Crippen molar-refractivity contribution in [3.8, 4) is 5.75 Å². The molecule has 0 radical (unpaired) electrons. The van der Waals surface area contributed by atoms with E-state index in [0.717, 1.165) is 0 Å². The number of methoxy groups -OCH3 is 1. The Morgan fingerprint density at radius 1 is 1.03 bits per heavy atom. The number of ether oxygens (including phenoxy) is 1. The Kier molecular flexibility index (Phi) is 9.34. The van der Waals surface area contributed by atoms with E-state index in [-0.39, 0.29) is 29.1 Å². The van der Waals surface area contributed by atoms with Crippen LogP contribution in [0.1, 0.15) is 21.5 Å². The van der Waals surface area contributed by atoms with Crippen molar-refractivity contribution in [1.29, 1.82) is 0 Å².